The summed E-state index contributed by atoms with van der Waals surface area (Å²) in [6, 6.07) is 0.424. The molecule has 0 spiro atoms. The van der Waals surface area contributed by atoms with E-state index in [4.69, 9.17) is 4.42 Å². The number of nitrogens with zero attached hydrogens (tertiary/aromatic N) is 8. The van der Waals surface area contributed by atoms with Gasteiger partial charge < -0.3 is 9.32 Å². The van der Waals surface area contributed by atoms with Crippen LogP contribution in [0.4, 0.5) is 5.82 Å². The number of rotatable bonds is 4. The second-order valence-corrected chi connectivity index (χ2v) is 5.88. The summed E-state index contributed by atoms with van der Waals surface area (Å²) in [6.07, 6.45) is 3.67. The number of hydrogen-bond acceptors (Lipinski definition) is 8. The predicted molar refractivity (Wildman–Crippen MR) is 82.0 cm³/mol. The van der Waals surface area contributed by atoms with Crippen LogP contribution >= 0.6 is 0 Å². The number of aromatic nitrogens is 6. The molecule has 0 aliphatic carbocycles. The Morgan fingerprint density at radius 3 is 2.78 bits per heavy atom. The average Bonchev–Trinajstić information content (AvgIpc) is 3.05. The first-order chi connectivity index (χ1) is 11.1. The van der Waals surface area contributed by atoms with E-state index in [9.17, 15) is 0 Å². The van der Waals surface area contributed by atoms with Gasteiger partial charge in [0, 0.05) is 38.4 Å². The number of hydrogen-bond donors (Lipinski definition) is 0. The van der Waals surface area contributed by atoms with Gasteiger partial charge in [0.2, 0.25) is 17.4 Å². The van der Waals surface area contributed by atoms with Gasteiger partial charge in [-0.15, -0.1) is 20.4 Å². The summed E-state index contributed by atoms with van der Waals surface area (Å²) in [5.41, 5.74) is 0.804. The molecule has 0 N–H and O–H groups in total. The van der Waals surface area contributed by atoms with Crippen molar-refractivity contribution in [3.63, 3.8) is 0 Å². The highest BCUT2D eigenvalue weighted by molar-refractivity contribution is 5.65. The van der Waals surface area contributed by atoms with Gasteiger partial charge in [0.15, 0.2) is 5.82 Å². The lowest BCUT2D eigenvalue weighted by molar-refractivity contribution is 0.180. The van der Waals surface area contributed by atoms with E-state index in [0.717, 1.165) is 30.4 Å². The molecule has 9 heteroatoms. The lowest BCUT2D eigenvalue weighted by atomic mass is 10.1. The summed E-state index contributed by atoms with van der Waals surface area (Å²) in [5, 5.41) is 16.2. The van der Waals surface area contributed by atoms with Gasteiger partial charge in [-0.2, -0.15) is 0 Å². The summed E-state index contributed by atoms with van der Waals surface area (Å²) < 4.78 is 7.39. The molecule has 1 fully saturated rings. The van der Waals surface area contributed by atoms with Crippen LogP contribution in [0, 0.1) is 13.8 Å². The Hall–Kier alpha value is -2.55. The summed E-state index contributed by atoms with van der Waals surface area (Å²) in [5.74, 6) is 2.99. The maximum Gasteiger partial charge on any atom is 0.230 e. The first-order valence-electron chi connectivity index (χ1n) is 7.52. The Morgan fingerprint density at radius 1 is 1.22 bits per heavy atom. The maximum atomic E-state index is 5.43. The van der Waals surface area contributed by atoms with Gasteiger partial charge in [-0.25, -0.2) is 4.98 Å². The summed E-state index contributed by atoms with van der Waals surface area (Å²) in [4.78, 5) is 8.90. The van der Waals surface area contributed by atoms with Crippen LogP contribution in [0.2, 0.25) is 0 Å². The van der Waals surface area contributed by atoms with Crippen molar-refractivity contribution in [2.75, 3.05) is 25.0 Å². The molecule has 9 nitrogen and oxygen atoms in total. The molecule has 1 aliphatic rings. The lowest BCUT2D eigenvalue weighted by Crippen LogP contribution is -2.58. The summed E-state index contributed by atoms with van der Waals surface area (Å²) in [7, 11) is 2.07. The van der Waals surface area contributed by atoms with Crippen molar-refractivity contribution >= 4 is 11.5 Å². The van der Waals surface area contributed by atoms with E-state index < -0.39 is 0 Å². The van der Waals surface area contributed by atoms with E-state index in [2.05, 4.69) is 42.2 Å². The van der Waals surface area contributed by atoms with Crippen molar-refractivity contribution < 1.29 is 4.42 Å². The normalized spacial score (nSPS) is 15.6. The monoisotopic (exact) mass is 314 g/mol. The minimum atomic E-state index is 0.424. The Labute approximate surface area is 133 Å². The molecule has 0 aromatic carbocycles. The Balaban J connectivity index is 1.44. The molecule has 0 saturated carbocycles. The van der Waals surface area contributed by atoms with Crippen LogP contribution in [0.15, 0.2) is 16.8 Å². The van der Waals surface area contributed by atoms with Crippen molar-refractivity contribution in [3.8, 4) is 0 Å². The molecule has 3 aromatic heterocycles. The second kappa shape index (κ2) is 5.27. The first kappa shape index (κ1) is 14.1. The van der Waals surface area contributed by atoms with Gasteiger partial charge in [0.1, 0.15) is 5.82 Å². The van der Waals surface area contributed by atoms with Crippen molar-refractivity contribution in [1.82, 2.24) is 34.7 Å². The third-order valence-corrected chi connectivity index (χ3v) is 4.22. The predicted octanol–water partition coefficient (Wildman–Crippen LogP) is 0.445. The smallest absolute Gasteiger partial charge is 0.230 e. The number of fused-ring (bicyclic) bond motifs is 1. The summed E-state index contributed by atoms with van der Waals surface area (Å²) >= 11 is 0. The van der Waals surface area contributed by atoms with Crippen molar-refractivity contribution in [2.24, 2.45) is 0 Å². The van der Waals surface area contributed by atoms with Gasteiger partial charge in [0.25, 0.3) is 0 Å². The third-order valence-electron chi connectivity index (χ3n) is 4.22. The van der Waals surface area contributed by atoms with Gasteiger partial charge in [-0.05, 0) is 14.0 Å². The van der Waals surface area contributed by atoms with E-state index in [0.29, 0.717) is 24.4 Å². The van der Waals surface area contributed by atoms with E-state index in [-0.39, 0.29) is 0 Å². The van der Waals surface area contributed by atoms with Crippen LogP contribution < -0.4 is 4.90 Å². The zero-order valence-corrected chi connectivity index (χ0v) is 13.3. The highest BCUT2D eigenvalue weighted by atomic mass is 16.4. The molecule has 0 bridgehead atoms. The number of likely N-dealkylation sites (N-methyl/N-ethyl adjacent to an activating group) is 1. The van der Waals surface area contributed by atoms with Crippen LogP contribution in [0.3, 0.4) is 0 Å². The lowest BCUT2D eigenvalue weighted by Gasteiger charge is -2.44. The molecule has 1 aliphatic heterocycles. The Kier molecular flexibility index (Phi) is 3.22. The van der Waals surface area contributed by atoms with Crippen LogP contribution in [0.25, 0.3) is 5.65 Å². The Bertz CT molecular complexity index is 834. The van der Waals surface area contributed by atoms with Crippen molar-refractivity contribution in [1.29, 1.82) is 0 Å². The van der Waals surface area contributed by atoms with Crippen molar-refractivity contribution in [3.05, 3.63) is 30.0 Å². The zero-order chi connectivity index (χ0) is 16.0. The third kappa shape index (κ3) is 2.42. The molecule has 23 heavy (non-hydrogen) atoms. The zero-order valence-electron chi connectivity index (χ0n) is 13.3. The SMILES string of the molecule is Cc1nnc(CN(C)C2CN(c3nccn4c(C)nnc34)C2)o1. The maximum absolute atomic E-state index is 5.43. The molecule has 4 heterocycles. The van der Waals surface area contributed by atoms with Gasteiger partial charge >= 0.3 is 0 Å². The van der Waals surface area contributed by atoms with Crippen LogP contribution in [-0.2, 0) is 6.54 Å². The minimum absolute atomic E-state index is 0.424. The van der Waals surface area contributed by atoms with Crippen LogP contribution in [0.5, 0.6) is 0 Å². The number of anilines is 1. The average molecular weight is 314 g/mol. The van der Waals surface area contributed by atoms with E-state index >= 15 is 0 Å². The Morgan fingerprint density at radius 2 is 2.04 bits per heavy atom. The fourth-order valence-electron chi connectivity index (χ4n) is 2.80. The highest BCUT2D eigenvalue weighted by Crippen LogP contribution is 2.25. The van der Waals surface area contributed by atoms with Crippen molar-refractivity contribution in [2.45, 2.75) is 26.4 Å². The van der Waals surface area contributed by atoms with E-state index in [1.54, 1.807) is 13.1 Å². The molecule has 120 valence electrons. The fourth-order valence-corrected chi connectivity index (χ4v) is 2.80. The summed E-state index contributed by atoms with van der Waals surface area (Å²) in [6.45, 7) is 6.17. The molecular weight excluding hydrogens is 296 g/mol. The van der Waals surface area contributed by atoms with Gasteiger partial charge in [-0.3, -0.25) is 9.30 Å². The number of aryl methyl sites for hydroxylation is 2. The molecule has 0 atom stereocenters. The molecule has 1 saturated heterocycles. The second-order valence-electron chi connectivity index (χ2n) is 5.88. The standard InChI is InChI=1S/C14H18N8O/c1-9-16-19-14-13(15-4-5-22(9)14)21-6-11(7-21)20(3)8-12-18-17-10(2)23-12/h4-5,11H,6-8H2,1-3H3. The van der Waals surface area contributed by atoms with Gasteiger partial charge in [0.05, 0.1) is 6.54 Å². The van der Waals surface area contributed by atoms with E-state index in [1.165, 1.54) is 0 Å². The highest BCUT2D eigenvalue weighted by Gasteiger charge is 2.33. The topological polar surface area (TPSA) is 88.5 Å². The minimum Gasteiger partial charge on any atom is -0.424 e. The molecule has 3 aromatic rings. The van der Waals surface area contributed by atoms with Gasteiger partial charge in [-0.1, -0.05) is 0 Å². The van der Waals surface area contributed by atoms with E-state index in [1.807, 2.05) is 17.5 Å². The molecule has 4 rings (SSSR count). The molecule has 0 radical (unpaired) electrons. The first-order valence-corrected chi connectivity index (χ1v) is 7.52. The van der Waals surface area contributed by atoms with Crippen LogP contribution in [0.1, 0.15) is 17.6 Å². The fraction of sp³-hybridized carbons (Fsp3) is 0.500. The molecule has 0 unspecified atom stereocenters. The quantitative estimate of drug-likeness (QED) is 0.685. The van der Waals surface area contributed by atoms with Crippen LogP contribution in [-0.4, -0.2) is 60.9 Å². The molecule has 0 amide bonds. The molecular formula is C14H18N8O. The largest absolute Gasteiger partial charge is 0.424 e.